The zero-order valence-corrected chi connectivity index (χ0v) is 26.5. The van der Waals surface area contributed by atoms with Crippen molar-refractivity contribution in [2.45, 2.75) is 75.8 Å². The molecule has 2 aliphatic heterocycles. The number of piperidine rings is 1. The van der Waals surface area contributed by atoms with Gasteiger partial charge in [0.25, 0.3) is 0 Å². The number of halogens is 1. The summed E-state index contributed by atoms with van der Waals surface area (Å²) in [5.74, 6) is -0.685. The molecule has 246 valence electrons. The van der Waals surface area contributed by atoms with Crippen molar-refractivity contribution in [1.29, 1.82) is 0 Å². The Bertz CT molecular complexity index is 1430. The van der Waals surface area contributed by atoms with Gasteiger partial charge in [-0.2, -0.15) is 0 Å². The Kier molecular flexibility index (Phi) is 11.8. The van der Waals surface area contributed by atoms with Crippen LogP contribution < -0.4 is 10.8 Å². The maximum Gasteiger partial charge on any atom is 0.243 e. The summed E-state index contributed by atoms with van der Waals surface area (Å²) in [6.45, 7) is 2.49. The molecule has 2 heterocycles. The summed E-state index contributed by atoms with van der Waals surface area (Å²) in [6, 6.07) is 23.0. The number of nitrogens with zero attached hydrogens (tertiary/aromatic N) is 1. The van der Waals surface area contributed by atoms with E-state index >= 15 is 0 Å². The predicted octanol–water partition coefficient (Wildman–Crippen LogP) is 4.65. The lowest BCUT2D eigenvalue weighted by Gasteiger charge is -2.42. The zero-order chi connectivity index (χ0) is 32.5. The molecule has 5 N–H and O–H groups in total. The highest BCUT2D eigenvalue weighted by Crippen LogP contribution is 2.39. The lowest BCUT2D eigenvalue weighted by Crippen LogP contribution is -2.46. The van der Waals surface area contributed by atoms with Crippen LogP contribution >= 0.6 is 11.6 Å². The molecule has 10 nitrogen and oxygen atoms in total. The van der Waals surface area contributed by atoms with Crippen LogP contribution in [0.25, 0.3) is 0 Å². The zero-order valence-electron chi connectivity index (χ0n) is 25.7. The third-order valence-corrected chi connectivity index (χ3v) is 9.07. The first-order valence-corrected chi connectivity index (χ1v) is 16.1. The minimum Gasteiger partial charge on any atom is -0.392 e. The van der Waals surface area contributed by atoms with Crippen molar-refractivity contribution in [2.24, 2.45) is 0 Å². The largest absolute Gasteiger partial charge is 0.392 e. The van der Waals surface area contributed by atoms with Crippen molar-refractivity contribution in [3.63, 3.8) is 0 Å². The van der Waals surface area contributed by atoms with E-state index in [0.29, 0.717) is 43.8 Å². The van der Waals surface area contributed by atoms with E-state index in [4.69, 9.17) is 26.3 Å². The van der Waals surface area contributed by atoms with Crippen LogP contribution in [0.1, 0.15) is 78.7 Å². The Morgan fingerprint density at radius 3 is 2.15 bits per heavy atom. The van der Waals surface area contributed by atoms with Crippen LogP contribution in [-0.2, 0) is 37.8 Å². The van der Waals surface area contributed by atoms with Crippen molar-refractivity contribution in [1.82, 2.24) is 15.7 Å². The molecule has 2 saturated heterocycles. The van der Waals surface area contributed by atoms with Gasteiger partial charge in [0.1, 0.15) is 0 Å². The Morgan fingerprint density at radius 2 is 1.50 bits per heavy atom. The highest BCUT2D eigenvalue weighted by molar-refractivity contribution is 6.30. The molecular formula is C35H42ClN3O7. The third kappa shape index (κ3) is 9.13. The molecule has 0 aromatic heterocycles. The Morgan fingerprint density at radius 1 is 0.870 bits per heavy atom. The van der Waals surface area contributed by atoms with Gasteiger partial charge >= 0.3 is 0 Å². The molecule has 0 aliphatic carbocycles. The fourth-order valence-electron chi connectivity index (χ4n) is 6.02. The number of nitrogens with one attached hydrogen (secondary N) is 2. The monoisotopic (exact) mass is 651 g/mol. The molecule has 11 heteroatoms. The van der Waals surface area contributed by atoms with Gasteiger partial charge in [0.15, 0.2) is 6.29 Å². The summed E-state index contributed by atoms with van der Waals surface area (Å²) in [5.41, 5.74) is 5.20. The smallest absolute Gasteiger partial charge is 0.243 e. The average Bonchev–Trinajstić information content (AvgIpc) is 3.08. The van der Waals surface area contributed by atoms with E-state index in [1.807, 2.05) is 72.8 Å². The van der Waals surface area contributed by atoms with Crippen molar-refractivity contribution in [2.75, 3.05) is 19.6 Å². The fraction of sp³-hybridized carbons (Fsp3) is 0.429. The van der Waals surface area contributed by atoms with Crippen LogP contribution in [0.2, 0.25) is 5.02 Å². The van der Waals surface area contributed by atoms with Crippen molar-refractivity contribution in [3.05, 3.63) is 106 Å². The second kappa shape index (κ2) is 16.0. The molecule has 3 aromatic rings. The molecule has 5 rings (SSSR count). The predicted molar refractivity (Wildman–Crippen MR) is 172 cm³/mol. The van der Waals surface area contributed by atoms with Crippen molar-refractivity contribution < 1.29 is 34.5 Å². The Hall–Kier alpha value is -3.35. The first-order chi connectivity index (χ1) is 22.2. The quantitative estimate of drug-likeness (QED) is 0.141. The number of carbonyl (C=O) groups excluding carboxylic acids is 2. The maximum atomic E-state index is 12.1. The number of hydrogen-bond donors (Lipinski definition) is 5. The molecule has 2 fully saturated rings. The van der Waals surface area contributed by atoms with Crippen molar-refractivity contribution >= 4 is 23.4 Å². The number of likely N-dealkylation sites (tertiary alicyclic amines) is 1. The van der Waals surface area contributed by atoms with Gasteiger partial charge in [-0.15, -0.1) is 0 Å². The Labute approximate surface area is 274 Å². The summed E-state index contributed by atoms with van der Waals surface area (Å²) < 4.78 is 13.0. The topological polar surface area (TPSA) is 141 Å². The summed E-state index contributed by atoms with van der Waals surface area (Å²) in [6.07, 6.45) is 1.58. The fourth-order valence-corrected chi connectivity index (χ4v) is 6.15. The second-order valence-corrected chi connectivity index (χ2v) is 12.5. The summed E-state index contributed by atoms with van der Waals surface area (Å²) in [4.78, 5) is 25.6. The maximum absolute atomic E-state index is 12.1. The number of benzene rings is 3. The van der Waals surface area contributed by atoms with Gasteiger partial charge in [0, 0.05) is 56.0 Å². The highest BCUT2D eigenvalue weighted by Gasteiger charge is 2.37. The number of carbonyl (C=O) groups is 2. The minimum absolute atomic E-state index is 0.0227. The first-order valence-electron chi connectivity index (χ1n) is 15.7. The summed E-state index contributed by atoms with van der Waals surface area (Å²) in [7, 11) is 0. The molecule has 46 heavy (non-hydrogen) atoms. The molecule has 0 bridgehead atoms. The standard InChI is InChI=1S/C35H42ClN3O7/c36-29-14-12-28(13-15-29)35(43)16-18-39(19-17-35)22-30-20-31(26-8-6-25(23-40)7-9-26)46-34(45-30)27-10-4-24(5-11-27)21-37-32(41)2-1-3-33(42)38-44/h4-15,30-31,34,40,43-44H,1-3,16-23H2,(H,37,41)(H,38,42)/t30-,31+,34+/m1/s1. The van der Waals surface area contributed by atoms with Crippen LogP contribution in [0.15, 0.2) is 72.8 Å². The van der Waals surface area contributed by atoms with Crippen LogP contribution in [-0.4, -0.2) is 57.9 Å². The third-order valence-electron chi connectivity index (χ3n) is 8.82. The normalized spacial score (nSPS) is 21.4. The minimum atomic E-state index is -0.880. The molecule has 0 radical (unpaired) electrons. The van der Waals surface area contributed by atoms with Gasteiger partial charge in [-0.25, -0.2) is 5.48 Å². The molecule has 0 saturated carbocycles. The highest BCUT2D eigenvalue weighted by atomic mass is 35.5. The van der Waals surface area contributed by atoms with Gasteiger partial charge in [-0.05, 0) is 53.6 Å². The van der Waals surface area contributed by atoms with E-state index < -0.39 is 17.8 Å². The van der Waals surface area contributed by atoms with E-state index in [1.54, 1.807) is 5.48 Å². The van der Waals surface area contributed by atoms with Gasteiger partial charge in [0.2, 0.25) is 11.8 Å². The van der Waals surface area contributed by atoms with Gasteiger partial charge in [0.05, 0.1) is 24.4 Å². The Balaban J connectivity index is 1.21. The van der Waals surface area contributed by atoms with Gasteiger partial charge < -0.3 is 29.9 Å². The van der Waals surface area contributed by atoms with E-state index in [0.717, 1.165) is 40.9 Å². The molecular weight excluding hydrogens is 610 g/mol. The number of hydroxylamine groups is 1. The van der Waals surface area contributed by atoms with Gasteiger partial charge in [-0.1, -0.05) is 72.3 Å². The number of rotatable bonds is 12. The number of hydrogen-bond acceptors (Lipinski definition) is 8. The van der Waals surface area contributed by atoms with E-state index in [-0.39, 0.29) is 37.6 Å². The number of aliphatic hydroxyl groups excluding tert-OH is 1. The average molecular weight is 652 g/mol. The SMILES string of the molecule is O=C(CCCC(=O)NCc1ccc([C@H]2O[C@@H](CN3CCC(O)(c4ccc(Cl)cc4)CC3)C[C@@H](c3ccc(CO)cc3)O2)cc1)NO. The van der Waals surface area contributed by atoms with E-state index in [9.17, 15) is 19.8 Å². The molecule has 0 unspecified atom stereocenters. The molecule has 3 aromatic carbocycles. The lowest BCUT2D eigenvalue weighted by atomic mass is 9.84. The lowest BCUT2D eigenvalue weighted by molar-refractivity contribution is -0.253. The van der Waals surface area contributed by atoms with Crippen LogP contribution in [0.5, 0.6) is 0 Å². The summed E-state index contributed by atoms with van der Waals surface area (Å²) in [5, 5.41) is 32.9. The van der Waals surface area contributed by atoms with E-state index in [1.165, 1.54) is 0 Å². The molecule has 2 aliphatic rings. The second-order valence-electron chi connectivity index (χ2n) is 12.1. The van der Waals surface area contributed by atoms with Crippen LogP contribution in [0.4, 0.5) is 0 Å². The number of aliphatic hydroxyl groups is 2. The first kappa shape index (κ1) is 34.0. The molecule has 0 spiro atoms. The van der Waals surface area contributed by atoms with E-state index in [2.05, 4.69) is 10.2 Å². The number of ether oxygens (including phenoxy) is 2. The van der Waals surface area contributed by atoms with Gasteiger partial charge in [-0.3, -0.25) is 14.8 Å². The molecule has 2 amide bonds. The van der Waals surface area contributed by atoms with Crippen LogP contribution in [0.3, 0.4) is 0 Å². The summed E-state index contributed by atoms with van der Waals surface area (Å²) >= 11 is 6.06. The molecule has 3 atom stereocenters. The van der Waals surface area contributed by atoms with Crippen molar-refractivity contribution in [3.8, 4) is 0 Å². The van der Waals surface area contributed by atoms with Crippen LogP contribution in [0, 0.1) is 0 Å². The number of amides is 2.